The summed E-state index contributed by atoms with van der Waals surface area (Å²) in [4.78, 5) is 0. The SMILES string of the molecule is C=C/C(=C\CC(C)C1CC2=C(CC(C)C=C2)C1)CC(C)C[C@@H](CCCCN)C(C)CC1C=CC(C)CC1. The van der Waals surface area contributed by atoms with E-state index in [0.717, 1.165) is 48.0 Å². The molecule has 0 spiro atoms. The van der Waals surface area contributed by atoms with Crippen molar-refractivity contribution in [1.29, 1.82) is 0 Å². The summed E-state index contributed by atoms with van der Waals surface area (Å²) in [5.41, 5.74) is 10.7. The van der Waals surface area contributed by atoms with Crippen LogP contribution in [0.4, 0.5) is 0 Å². The summed E-state index contributed by atoms with van der Waals surface area (Å²) >= 11 is 0. The smallest absolute Gasteiger partial charge is 0.00773 e. The molecule has 3 aliphatic carbocycles. The van der Waals surface area contributed by atoms with Crippen LogP contribution in [-0.2, 0) is 0 Å². The van der Waals surface area contributed by atoms with Crippen LogP contribution in [0, 0.1) is 47.3 Å². The highest BCUT2D eigenvalue weighted by atomic mass is 14.5. The third-order valence-electron chi connectivity index (χ3n) is 9.96. The van der Waals surface area contributed by atoms with Crippen molar-refractivity contribution in [2.45, 2.75) is 112 Å². The molecule has 0 amide bonds. The van der Waals surface area contributed by atoms with Crippen LogP contribution in [0.5, 0.6) is 0 Å². The number of nitrogens with two attached hydrogens (primary N) is 1. The molecule has 208 valence electrons. The fourth-order valence-electron chi connectivity index (χ4n) is 7.34. The Balaban J connectivity index is 1.50. The third-order valence-corrected chi connectivity index (χ3v) is 9.96. The van der Waals surface area contributed by atoms with Crippen molar-refractivity contribution >= 4 is 0 Å². The summed E-state index contributed by atoms with van der Waals surface area (Å²) in [6.07, 6.45) is 30.0. The van der Waals surface area contributed by atoms with Crippen molar-refractivity contribution in [1.82, 2.24) is 0 Å². The molecule has 8 atom stereocenters. The van der Waals surface area contributed by atoms with Gasteiger partial charge >= 0.3 is 0 Å². The van der Waals surface area contributed by atoms with E-state index < -0.39 is 0 Å². The molecule has 1 heteroatoms. The highest BCUT2D eigenvalue weighted by Crippen LogP contribution is 2.43. The lowest BCUT2D eigenvalue weighted by Crippen LogP contribution is -2.20. The number of hydrogen-bond acceptors (Lipinski definition) is 1. The summed E-state index contributed by atoms with van der Waals surface area (Å²) in [5, 5.41) is 0. The molecule has 0 aromatic rings. The van der Waals surface area contributed by atoms with Crippen molar-refractivity contribution in [3.63, 3.8) is 0 Å². The molecule has 0 bridgehead atoms. The minimum atomic E-state index is 0.707. The first-order valence-corrected chi connectivity index (χ1v) is 15.9. The second-order valence-corrected chi connectivity index (χ2v) is 13.5. The standard InChI is InChI=1S/C36H59N/c1-7-31(17-14-29(5)35-24-34-18-13-27(3)21-36(34)25-35)20-28(4)22-33(10-8-9-19-37)30(6)23-32-15-11-26(2)12-16-32/h7,11,13,15,17-18,26-30,32-33,35H,1,8-10,12,14,16,19-25,37H2,2-6H3/b31-17+/t26?,27?,28?,29?,30?,32?,33-,35?/m1/s1. The highest BCUT2D eigenvalue weighted by molar-refractivity contribution is 5.35. The van der Waals surface area contributed by atoms with Gasteiger partial charge < -0.3 is 5.73 Å². The lowest BCUT2D eigenvalue weighted by Gasteiger charge is -2.31. The molecule has 7 unspecified atom stereocenters. The third kappa shape index (κ3) is 9.72. The largest absolute Gasteiger partial charge is 0.330 e. The van der Waals surface area contributed by atoms with Crippen LogP contribution < -0.4 is 5.73 Å². The molecule has 2 N–H and O–H groups in total. The van der Waals surface area contributed by atoms with Gasteiger partial charge in [0.25, 0.3) is 0 Å². The van der Waals surface area contributed by atoms with E-state index in [-0.39, 0.29) is 0 Å². The molecule has 3 aliphatic rings. The zero-order valence-electron chi connectivity index (χ0n) is 25.1. The van der Waals surface area contributed by atoms with Gasteiger partial charge in [0.1, 0.15) is 0 Å². The normalized spacial score (nSPS) is 29.2. The molecular weight excluding hydrogens is 446 g/mol. The Bertz CT molecular complexity index is 826. The first kappa shape index (κ1) is 30.2. The summed E-state index contributed by atoms with van der Waals surface area (Å²) in [6, 6.07) is 0. The van der Waals surface area contributed by atoms with Gasteiger partial charge in [0.15, 0.2) is 0 Å². The highest BCUT2D eigenvalue weighted by Gasteiger charge is 2.29. The maximum absolute atomic E-state index is 5.85. The van der Waals surface area contributed by atoms with Gasteiger partial charge in [0.2, 0.25) is 0 Å². The average molecular weight is 506 g/mol. The fraction of sp³-hybridized carbons (Fsp3) is 0.722. The van der Waals surface area contributed by atoms with Gasteiger partial charge in [-0.15, -0.1) is 0 Å². The fourth-order valence-corrected chi connectivity index (χ4v) is 7.34. The lowest BCUT2D eigenvalue weighted by atomic mass is 9.75. The van der Waals surface area contributed by atoms with Crippen LogP contribution in [0.1, 0.15) is 112 Å². The van der Waals surface area contributed by atoms with Crippen molar-refractivity contribution in [2.24, 2.45) is 53.1 Å². The Morgan fingerprint density at radius 1 is 1.03 bits per heavy atom. The molecule has 0 aromatic carbocycles. The van der Waals surface area contributed by atoms with E-state index in [1.807, 2.05) is 0 Å². The zero-order chi connectivity index (χ0) is 26.8. The maximum Gasteiger partial charge on any atom is -0.00773 e. The van der Waals surface area contributed by atoms with Crippen molar-refractivity contribution < 1.29 is 0 Å². The van der Waals surface area contributed by atoms with E-state index in [0.29, 0.717) is 5.92 Å². The van der Waals surface area contributed by atoms with E-state index in [1.54, 1.807) is 11.1 Å². The van der Waals surface area contributed by atoms with E-state index in [1.165, 1.54) is 82.6 Å². The predicted octanol–water partition coefficient (Wildman–Crippen LogP) is 10.2. The number of unbranched alkanes of at least 4 members (excludes halogenated alkanes) is 1. The molecule has 0 aliphatic heterocycles. The summed E-state index contributed by atoms with van der Waals surface area (Å²) in [5.74, 6) is 6.17. The Kier molecular flexibility index (Phi) is 12.5. The van der Waals surface area contributed by atoms with E-state index in [9.17, 15) is 0 Å². The topological polar surface area (TPSA) is 26.0 Å². The molecule has 0 heterocycles. The minimum Gasteiger partial charge on any atom is -0.330 e. The molecule has 0 saturated heterocycles. The van der Waals surface area contributed by atoms with E-state index in [4.69, 9.17) is 5.73 Å². The predicted molar refractivity (Wildman–Crippen MR) is 164 cm³/mol. The van der Waals surface area contributed by atoms with Crippen LogP contribution in [0.25, 0.3) is 0 Å². The van der Waals surface area contributed by atoms with Gasteiger partial charge in [-0.3, -0.25) is 0 Å². The van der Waals surface area contributed by atoms with Crippen LogP contribution in [0.15, 0.2) is 59.8 Å². The Labute approximate surface area is 230 Å². The number of rotatable bonds is 15. The second-order valence-electron chi connectivity index (χ2n) is 13.5. The van der Waals surface area contributed by atoms with Gasteiger partial charge in [0.05, 0.1) is 0 Å². The number of hydrogen-bond donors (Lipinski definition) is 1. The quantitative estimate of drug-likeness (QED) is 0.134. The Morgan fingerprint density at radius 3 is 2.54 bits per heavy atom. The zero-order valence-corrected chi connectivity index (χ0v) is 25.1. The Morgan fingerprint density at radius 2 is 1.84 bits per heavy atom. The summed E-state index contributed by atoms with van der Waals surface area (Å²) in [7, 11) is 0. The minimum absolute atomic E-state index is 0.707. The maximum atomic E-state index is 5.85. The lowest BCUT2D eigenvalue weighted by molar-refractivity contribution is 0.232. The molecule has 37 heavy (non-hydrogen) atoms. The number of allylic oxidation sites excluding steroid dienone is 9. The monoisotopic (exact) mass is 505 g/mol. The summed E-state index contributed by atoms with van der Waals surface area (Å²) in [6.45, 7) is 17.2. The first-order chi connectivity index (χ1) is 17.8. The molecular formula is C36H59N. The molecule has 0 fully saturated rings. The van der Waals surface area contributed by atoms with E-state index >= 15 is 0 Å². The Hall–Kier alpha value is -1.34. The molecule has 3 rings (SSSR count). The van der Waals surface area contributed by atoms with Crippen molar-refractivity contribution in [2.75, 3.05) is 6.54 Å². The van der Waals surface area contributed by atoms with Gasteiger partial charge in [-0.05, 0) is 124 Å². The van der Waals surface area contributed by atoms with Crippen LogP contribution in [-0.4, -0.2) is 6.54 Å². The molecule has 0 radical (unpaired) electrons. The molecule has 1 nitrogen and oxygen atoms in total. The van der Waals surface area contributed by atoms with Crippen LogP contribution in [0.3, 0.4) is 0 Å². The molecule has 0 aromatic heterocycles. The van der Waals surface area contributed by atoms with Gasteiger partial charge in [-0.25, -0.2) is 0 Å². The van der Waals surface area contributed by atoms with Crippen molar-refractivity contribution in [3.8, 4) is 0 Å². The second kappa shape index (κ2) is 15.3. The molecule has 0 saturated carbocycles. The van der Waals surface area contributed by atoms with Crippen molar-refractivity contribution in [3.05, 3.63) is 59.8 Å². The van der Waals surface area contributed by atoms with Crippen LogP contribution >= 0.6 is 0 Å². The first-order valence-electron chi connectivity index (χ1n) is 15.9. The van der Waals surface area contributed by atoms with Gasteiger partial charge in [-0.2, -0.15) is 0 Å². The van der Waals surface area contributed by atoms with Gasteiger partial charge in [0, 0.05) is 0 Å². The van der Waals surface area contributed by atoms with Gasteiger partial charge in [-0.1, -0.05) is 102 Å². The van der Waals surface area contributed by atoms with E-state index in [2.05, 4.69) is 77.7 Å². The summed E-state index contributed by atoms with van der Waals surface area (Å²) < 4.78 is 0. The average Bonchev–Trinajstić information content (AvgIpc) is 3.30. The van der Waals surface area contributed by atoms with Crippen LogP contribution in [0.2, 0.25) is 0 Å².